The van der Waals surface area contributed by atoms with Crippen molar-refractivity contribution in [3.05, 3.63) is 16.1 Å². The third-order valence-electron chi connectivity index (χ3n) is 4.68. The highest BCUT2D eigenvalue weighted by atomic mass is 32.1. The van der Waals surface area contributed by atoms with Crippen LogP contribution in [0, 0.1) is 0 Å². The second-order valence-electron chi connectivity index (χ2n) is 6.06. The van der Waals surface area contributed by atoms with Gasteiger partial charge in [-0.3, -0.25) is 0 Å². The normalized spacial score (nSPS) is 30.5. The van der Waals surface area contributed by atoms with Gasteiger partial charge in [-0.15, -0.1) is 11.3 Å². The molecule has 18 heavy (non-hydrogen) atoms. The third kappa shape index (κ3) is 2.77. The molecule has 1 aromatic rings. The van der Waals surface area contributed by atoms with Gasteiger partial charge in [0.05, 0.1) is 10.7 Å². The number of hydrogen-bond donors (Lipinski definition) is 1. The maximum Gasteiger partial charge on any atom is 0.0959 e. The first-order valence-corrected chi connectivity index (χ1v) is 8.42. The molecule has 0 radical (unpaired) electrons. The first kappa shape index (κ1) is 12.6. The molecule has 0 atom stereocenters. The Balaban J connectivity index is 1.65. The molecule has 0 aromatic carbocycles. The van der Waals surface area contributed by atoms with E-state index in [1.807, 2.05) is 11.3 Å². The first-order valence-electron chi connectivity index (χ1n) is 7.54. The second kappa shape index (κ2) is 5.70. The third-order valence-corrected chi connectivity index (χ3v) is 5.71. The molecule has 0 saturated heterocycles. The second-order valence-corrected chi connectivity index (χ2v) is 6.95. The molecule has 1 heterocycles. The molecule has 0 spiro atoms. The Labute approximate surface area is 114 Å². The quantitative estimate of drug-likeness (QED) is 0.870. The number of rotatable bonds is 2. The molecule has 0 aliphatic heterocycles. The minimum Gasteiger partial charge on any atom is -0.328 e. The SMILES string of the molecule is NC1CCC(c2csc(C3CCCCC3)n2)CC1. The predicted octanol–water partition coefficient (Wildman–Crippen LogP) is 4.18. The van der Waals surface area contributed by atoms with Crippen LogP contribution in [0.3, 0.4) is 0 Å². The van der Waals surface area contributed by atoms with Gasteiger partial charge in [0.1, 0.15) is 0 Å². The fraction of sp³-hybridized carbons (Fsp3) is 0.800. The lowest BCUT2D eigenvalue weighted by atomic mass is 9.85. The highest BCUT2D eigenvalue weighted by Crippen LogP contribution is 2.38. The average molecular weight is 264 g/mol. The number of nitrogens with zero attached hydrogens (tertiary/aromatic N) is 1. The first-order chi connectivity index (χ1) is 8.83. The number of hydrogen-bond acceptors (Lipinski definition) is 3. The van der Waals surface area contributed by atoms with Crippen LogP contribution in [-0.2, 0) is 0 Å². The Bertz CT molecular complexity index is 374. The van der Waals surface area contributed by atoms with Gasteiger partial charge in [-0.25, -0.2) is 4.98 Å². The predicted molar refractivity (Wildman–Crippen MR) is 77.1 cm³/mol. The minimum absolute atomic E-state index is 0.442. The molecule has 3 heteroatoms. The Morgan fingerprint density at radius 2 is 1.67 bits per heavy atom. The van der Waals surface area contributed by atoms with E-state index in [1.54, 1.807) is 0 Å². The minimum atomic E-state index is 0.442. The van der Waals surface area contributed by atoms with Crippen molar-refractivity contribution in [3.63, 3.8) is 0 Å². The van der Waals surface area contributed by atoms with Crippen molar-refractivity contribution in [2.75, 3.05) is 0 Å². The fourth-order valence-corrected chi connectivity index (χ4v) is 4.51. The summed E-state index contributed by atoms with van der Waals surface area (Å²) in [5.41, 5.74) is 7.35. The van der Waals surface area contributed by atoms with Crippen LogP contribution in [0.4, 0.5) is 0 Å². The summed E-state index contributed by atoms with van der Waals surface area (Å²) in [7, 11) is 0. The summed E-state index contributed by atoms with van der Waals surface area (Å²) in [6.07, 6.45) is 11.8. The molecule has 0 bridgehead atoms. The fourth-order valence-electron chi connectivity index (χ4n) is 3.44. The van der Waals surface area contributed by atoms with E-state index in [2.05, 4.69) is 5.38 Å². The molecule has 1 aromatic heterocycles. The van der Waals surface area contributed by atoms with E-state index in [4.69, 9.17) is 10.7 Å². The van der Waals surface area contributed by atoms with Crippen molar-refractivity contribution >= 4 is 11.3 Å². The van der Waals surface area contributed by atoms with Crippen LogP contribution in [0.25, 0.3) is 0 Å². The molecule has 0 amide bonds. The Morgan fingerprint density at radius 3 is 2.39 bits per heavy atom. The molecule has 3 rings (SSSR count). The van der Waals surface area contributed by atoms with Gasteiger partial charge in [0.2, 0.25) is 0 Å². The zero-order valence-electron chi connectivity index (χ0n) is 11.1. The molecule has 2 fully saturated rings. The van der Waals surface area contributed by atoms with Crippen LogP contribution < -0.4 is 5.73 Å². The molecule has 2 saturated carbocycles. The van der Waals surface area contributed by atoms with Gasteiger partial charge >= 0.3 is 0 Å². The zero-order valence-corrected chi connectivity index (χ0v) is 11.9. The largest absolute Gasteiger partial charge is 0.328 e. The highest BCUT2D eigenvalue weighted by Gasteiger charge is 2.24. The van der Waals surface area contributed by atoms with E-state index in [0.29, 0.717) is 12.0 Å². The molecule has 2 aliphatic carbocycles. The van der Waals surface area contributed by atoms with Crippen molar-refractivity contribution in [2.45, 2.75) is 75.7 Å². The van der Waals surface area contributed by atoms with Crippen molar-refractivity contribution < 1.29 is 0 Å². The van der Waals surface area contributed by atoms with E-state index in [-0.39, 0.29) is 0 Å². The molecule has 100 valence electrons. The van der Waals surface area contributed by atoms with E-state index >= 15 is 0 Å². The van der Waals surface area contributed by atoms with Crippen LogP contribution in [0.1, 0.15) is 80.3 Å². The summed E-state index contributed by atoms with van der Waals surface area (Å²) >= 11 is 1.91. The summed E-state index contributed by atoms with van der Waals surface area (Å²) in [5, 5.41) is 3.74. The van der Waals surface area contributed by atoms with Gasteiger partial charge in [0.25, 0.3) is 0 Å². The monoisotopic (exact) mass is 264 g/mol. The molecule has 2 N–H and O–H groups in total. The number of nitrogens with two attached hydrogens (primary N) is 1. The maximum atomic E-state index is 5.98. The van der Waals surface area contributed by atoms with Gasteiger partial charge in [-0.1, -0.05) is 19.3 Å². The topological polar surface area (TPSA) is 38.9 Å². The molecular formula is C15H24N2S. The molecule has 0 unspecified atom stereocenters. The van der Waals surface area contributed by atoms with Crippen LogP contribution in [0.2, 0.25) is 0 Å². The lowest BCUT2D eigenvalue weighted by Gasteiger charge is -2.24. The lowest BCUT2D eigenvalue weighted by molar-refractivity contribution is 0.389. The molecule has 2 aliphatic rings. The van der Waals surface area contributed by atoms with Crippen molar-refractivity contribution in [1.29, 1.82) is 0 Å². The van der Waals surface area contributed by atoms with E-state index in [9.17, 15) is 0 Å². The van der Waals surface area contributed by atoms with Crippen molar-refractivity contribution in [1.82, 2.24) is 4.98 Å². The van der Waals surface area contributed by atoms with Crippen LogP contribution >= 0.6 is 11.3 Å². The van der Waals surface area contributed by atoms with Crippen LogP contribution in [0.15, 0.2) is 5.38 Å². The van der Waals surface area contributed by atoms with Crippen molar-refractivity contribution in [3.8, 4) is 0 Å². The molecule has 2 nitrogen and oxygen atoms in total. The lowest BCUT2D eigenvalue weighted by Crippen LogP contribution is -2.25. The number of thiazole rings is 1. The van der Waals surface area contributed by atoms with E-state index in [0.717, 1.165) is 5.92 Å². The summed E-state index contributed by atoms with van der Waals surface area (Å²) in [4.78, 5) is 4.96. The van der Waals surface area contributed by atoms with Crippen LogP contribution in [0.5, 0.6) is 0 Å². The molecular weight excluding hydrogens is 240 g/mol. The maximum absolute atomic E-state index is 5.98. The van der Waals surface area contributed by atoms with Gasteiger partial charge in [-0.05, 0) is 38.5 Å². The Morgan fingerprint density at radius 1 is 0.944 bits per heavy atom. The Hall–Kier alpha value is -0.410. The average Bonchev–Trinajstić information content (AvgIpc) is 2.90. The summed E-state index contributed by atoms with van der Waals surface area (Å²) in [6, 6.07) is 0.442. The zero-order chi connectivity index (χ0) is 12.4. The smallest absolute Gasteiger partial charge is 0.0959 e. The van der Waals surface area contributed by atoms with Gasteiger partial charge in [0.15, 0.2) is 0 Å². The number of aromatic nitrogens is 1. The van der Waals surface area contributed by atoms with E-state index in [1.165, 1.54) is 68.5 Å². The summed E-state index contributed by atoms with van der Waals surface area (Å²) in [6.45, 7) is 0. The van der Waals surface area contributed by atoms with Crippen LogP contribution in [-0.4, -0.2) is 11.0 Å². The highest BCUT2D eigenvalue weighted by molar-refractivity contribution is 7.09. The standard InChI is InChI=1S/C15H24N2S/c16-13-8-6-11(7-9-13)14-10-18-15(17-14)12-4-2-1-3-5-12/h10-13H,1-9,16H2. The van der Waals surface area contributed by atoms with Crippen molar-refractivity contribution in [2.24, 2.45) is 5.73 Å². The summed E-state index contributed by atoms with van der Waals surface area (Å²) < 4.78 is 0. The van der Waals surface area contributed by atoms with Gasteiger partial charge < -0.3 is 5.73 Å². The van der Waals surface area contributed by atoms with E-state index < -0.39 is 0 Å². The van der Waals surface area contributed by atoms with Gasteiger partial charge in [0, 0.05) is 23.3 Å². The Kier molecular flexibility index (Phi) is 4.00. The summed E-state index contributed by atoms with van der Waals surface area (Å²) in [5.74, 6) is 1.46. The van der Waals surface area contributed by atoms with Gasteiger partial charge in [-0.2, -0.15) is 0 Å².